The van der Waals surface area contributed by atoms with Gasteiger partial charge in [-0.25, -0.2) is 4.98 Å². The van der Waals surface area contributed by atoms with Gasteiger partial charge in [0, 0.05) is 28.4 Å². The molecule has 0 unspecified atom stereocenters. The van der Waals surface area contributed by atoms with Gasteiger partial charge in [-0.1, -0.05) is 60.7 Å². The molecule has 3 heteroatoms. The Morgan fingerprint density at radius 2 is 1.59 bits per heavy atom. The van der Waals surface area contributed by atoms with E-state index in [0.29, 0.717) is 0 Å². The molecule has 0 radical (unpaired) electrons. The lowest BCUT2D eigenvalue weighted by molar-refractivity contribution is 0.528. The van der Waals surface area contributed by atoms with Crippen molar-refractivity contribution in [3.8, 4) is 23.0 Å². The predicted octanol–water partition coefficient (Wildman–Crippen LogP) is 5.88. The number of benzene rings is 2. The van der Waals surface area contributed by atoms with E-state index in [1.807, 2.05) is 42.6 Å². The number of aromatic nitrogens is 1. The van der Waals surface area contributed by atoms with Crippen molar-refractivity contribution < 1.29 is 0 Å². The van der Waals surface area contributed by atoms with Crippen molar-refractivity contribution >= 4 is 11.6 Å². The van der Waals surface area contributed by atoms with Crippen molar-refractivity contribution in [1.82, 2.24) is 10.3 Å². The molecule has 4 rings (SSSR count). The van der Waals surface area contributed by atoms with E-state index in [2.05, 4.69) is 46.4 Å². The minimum atomic E-state index is 0.735. The lowest BCUT2D eigenvalue weighted by Crippen LogP contribution is -2.27. The maximum absolute atomic E-state index is 5.95. The molecule has 1 N–H and O–H groups in total. The number of rotatable bonds is 5. The van der Waals surface area contributed by atoms with Crippen LogP contribution in [0.5, 0.6) is 0 Å². The quantitative estimate of drug-likeness (QED) is 0.541. The van der Waals surface area contributed by atoms with Crippen molar-refractivity contribution in [2.75, 3.05) is 6.54 Å². The van der Waals surface area contributed by atoms with E-state index in [1.165, 1.54) is 31.2 Å². The summed E-state index contributed by atoms with van der Waals surface area (Å²) in [6.45, 7) is 1.06. The third kappa shape index (κ3) is 5.70. The van der Waals surface area contributed by atoms with Gasteiger partial charge in [0.25, 0.3) is 0 Å². The van der Waals surface area contributed by atoms with Crippen LogP contribution in [-0.2, 0) is 6.42 Å². The Labute approximate surface area is 178 Å². The molecule has 0 saturated heterocycles. The maximum Gasteiger partial charge on any atom is 0.113 e. The molecule has 1 fully saturated rings. The molecule has 1 saturated carbocycles. The van der Waals surface area contributed by atoms with Crippen LogP contribution in [0.4, 0.5) is 0 Å². The first kappa shape index (κ1) is 19.7. The van der Waals surface area contributed by atoms with Gasteiger partial charge < -0.3 is 5.32 Å². The van der Waals surface area contributed by atoms with Crippen LogP contribution in [0.2, 0.25) is 5.02 Å². The summed E-state index contributed by atoms with van der Waals surface area (Å²) in [7, 11) is 0. The highest BCUT2D eigenvalue weighted by molar-refractivity contribution is 6.30. The van der Waals surface area contributed by atoms with Gasteiger partial charge in [0.2, 0.25) is 0 Å². The lowest BCUT2D eigenvalue weighted by atomic mass is 10.1. The molecule has 3 aromatic rings. The fourth-order valence-electron chi connectivity index (χ4n) is 3.72. The number of nitrogens with zero attached hydrogens (tertiary/aromatic N) is 1. The van der Waals surface area contributed by atoms with Crippen molar-refractivity contribution in [2.45, 2.75) is 38.1 Å². The summed E-state index contributed by atoms with van der Waals surface area (Å²) < 4.78 is 0. The fourth-order valence-corrected chi connectivity index (χ4v) is 3.85. The Morgan fingerprint density at radius 3 is 2.28 bits per heavy atom. The van der Waals surface area contributed by atoms with Gasteiger partial charge >= 0.3 is 0 Å². The first-order valence-electron chi connectivity index (χ1n) is 10.3. The number of halogens is 1. The zero-order chi connectivity index (χ0) is 19.9. The van der Waals surface area contributed by atoms with Gasteiger partial charge in [0.15, 0.2) is 0 Å². The average Bonchev–Trinajstić information content (AvgIpc) is 3.28. The molecule has 146 valence electrons. The smallest absolute Gasteiger partial charge is 0.113 e. The average molecular weight is 401 g/mol. The molecule has 0 aliphatic heterocycles. The highest BCUT2D eigenvalue weighted by Gasteiger charge is 2.13. The standard InChI is InChI=1S/C26H25ClN2/c27-24-13-10-22(11-14-24)23-12-16-26(29-19-23)15-9-20-5-7-21(8-6-20)17-18-28-25-3-1-2-4-25/h5-8,10-14,16,19,25,28H,1-4,17-18H2. The minimum absolute atomic E-state index is 0.735. The molecule has 0 atom stereocenters. The highest BCUT2D eigenvalue weighted by atomic mass is 35.5. The van der Waals surface area contributed by atoms with Crippen molar-refractivity contribution in [2.24, 2.45) is 0 Å². The summed E-state index contributed by atoms with van der Waals surface area (Å²) in [5, 5.41) is 4.40. The van der Waals surface area contributed by atoms with E-state index in [0.717, 1.165) is 46.4 Å². The number of pyridine rings is 1. The molecule has 0 bridgehead atoms. The Bertz CT molecular complexity index is 974. The zero-order valence-electron chi connectivity index (χ0n) is 16.5. The van der Waals surface area contributed by atoms with Gasteiger partial charge in [-0.15, -0.1) is 0 Å². The van der Waals surface area contributed by atoms with Gasteiger partial charge in [-0.05, 0) is 73.2 Å². The Balaban J connectivity index is 1.32. The number of hydrogen-bond donors (Lipinski definition) is 1. The van der Waals surface area contributed by atoms with Crippen LogP contribution in [0.1, 0.15) is 42.5 Å². The van der Waals surface area contributed by atoms with Gasteiger partial charge in [0.1, 0.15) is 5.69 Å². The third-order valence-electron chi connectivity index (χ3n) is 5.43. The molecule has 29 heavy (non-hydrogen) atoms. The molecule has 2 aromatic carbocycles. The minimum Gasteiger partial charge on any atom is -0.314 e. The van der Waals surface area contributed by atoms with Crippen molar-refractivity contribution in [1.29, 1.82) is 0 Å². The predicted molar refractivity (Wildman–Crippen MR) is 121 cm³/mol. The van der Waals surface area contributed by atoms with Crippen LogP contribution in [0.25, 0.3) is 11.1 Å². The van der Waals surface area contributed by atoms with Crippen LogP contribution >= 0.6 is 11.6 Å². The molecule has 1 heterocycles. The third-order valence-corrected chi connectivity index (χ3v) is 5.68. The van der Waals surface area contributed by atoms with Crippen molar-refractivity contribution in [3.63, 3.8) is 0 Å². The van der Waals surface area contributed by atoms with E-state index in [4.69, 9.17) is 11.6 Å². The second-order valence-electron chi connectivity index (χ2n) is 7.57. The molecule has 1 aliphatic rings. The molecule has 0 amide bonds. The summed E-state index contributed by atoms with van der Waals surface area (Å²) in [6.07, 6.45) is 8.35. The highest BCUT2D eigenvalue weighted by Crippen LogP contribution is 2.21. The zero-order valence-corrected chi connectivity index (χ0v) is 17.3. The Morgan fingerprint density at radius 1 is 0.862 bits per heavy atom. The maximum atomic E-state index is 5.95. The van der Waals surface area contributed by atoms with E-state index >= 15 is 0 Å². The largest absolute Gasteiger partial charge is 0.314 e. The molecule has 0 spiro atoms. The van der Waals surface area contributed by atoms with Crippen LogP contribution in [-0.4, -0.2) is 17.6 Å². The molecule has 1 aliphatic carbocycles. The fraction of sp³-hybridized carbons (Fsp3) is 0.269. The lowest BCUT2D eigenvalue weighted by Gasteiger charge is -2.11. The molecule has 1 aromatic heterocycles. The van der Waals surface area contributed by atoms with Gasteiger partial charge in [0.05, 0.1) is 0 Å². The summed E-state index contributed by atoms with van der Waals surface area (Å²) in [6, 6.07) is 21.1. The Kier molecular flexibility index (Phi) is 6.62. The van der Waals surface area contributed by atoms with E-state index < -0.39 is 0 Å². The van der Waals surface area contributed by atoms with Gasteiger partial charge in [-0.3, -0.25) is 0 Å². The van der Waals surface area contributed by atoms with E-state index in [-0.39, 0.29) is 0 Å². The SMILES string of the molecule is Clc1ccc(-c2ccc(C#Cc3ccc(CCNC4CCCC4)cc3)nc2)cc1. The van der Waals surface area contributed by atoms with Crippen LogP contribution < -0.4 is 5.32 Å². The van der Waals surface area contributed by atoms with E-state index in [1.54, 1.807) is 0 Å². The summed E-state index contributed by atoms with van der Waals surface area (Å²) in [5.41, 5.74) is 5.29. The Hall–Kier alpha value is -2.60. The van der Waals surface area contributed by atoms with Crippen LogP contribution in [0.15, 0.2) is 66.9 Å². The second kappa shape index (κ2) is 9.74. The number of hydrogen-bond acceptors (Lipinski definition) is 2. The summed E-state index contributed by atoms with van der Waals surface area (Å²) >= 11 is 5.95. The van der Waals surface area contributed by atoms with Crippen LogP contribution in [0, 0.1) is 11.8 Å². The topological polar surface area (TPSA) is 24.9 Å². The summed E-state index contributed by atoms with van der Waals surface area (Å²) in [4.78, 5) is 4.47. The van der Waals surface area contributed by atoms with Gasteiger partial charge in [-0.2, -0.15) is 0 Å². The molecule has 2 nitrogen and oxygen atoms in total. The second-order valence-corrected chi connectivity index (χ2v) is 8.01. The van der Waals surface area contributed by atoms with Crippen LogP contribution in [0.3, 0.4) is 0 Å². The molecular weight excluding hydrogens is 376 g/mol. The van der Waals surface area contributed by atoms with E-state index in [9.17, 15) is 0 Å². The summed E-state index contributed by atoms with van der Waals surface area (Å²) in [5.74, 6) is 6.36. The first-order chi connectivity index (χ1) is 14.3. The first-order valence-corrected chi connectivity index (χ1v) is 10.7. The van der Waals surface area contributed by atoms with Crippen molar-refractivity contribution in [3.05, 3.63) is 88.7 Å². The molecular formula is C26H25ClN2. The number of nitrogens with one attached hydrogen (secondary N) is 1. The normalized spacial score (nSPS) is 13.8. The monoisotopic (exact) mass is 400 g/mol.